The van der Waals surface area contributed by atoms with Gasteiger partial charge >= 0.3 is 5.97 Å². The van der Waals surface area contributed by atoms with Crippen LogP contribution in [0.5, 0.6) is 0 Å². The summed E-state index contributed by atoms with van der Waals surface area (Å²) in [5.41, 5.74) is 5.92. The molecule has 15 heavy (non-hydrogen) atoms. The Morgan fingerprint density at radius 3 is 2.20 bits per heavy atom. The van der Waals surface area contributed by atoms with Crippen LogP contribution >= 0.6 is 12.4 Å². The summed E-state index contributed by atoms with van der Waals surface area (Å²) in [6.45, 7) is 6.34. The van der Waals surface area contributed by atoms with E-state index in [2.05, 4.69) is 13.8 Å². The summed E-state index contributed by atoms with van der Waals surface area (Å²) >= 11 is 0. The van der Waals surface area contributed by atoms with E-state index in [-0.39, 0.29) is 23.7 Å². The molecule has 0 aromatic rings. The molecule has 0 radical (unpaired) electrons. The highest BCUT2D eigenvalue weighted by Crippen LogP contribution is 2.63. The smallest absolute Gasteiger partial charge is 0.308 e. The van der Waals surface area contributed by atoms with E-state index >= 15 is 0 Å². The summed E-state index contributed by atoms with van der Waals surface area (Å²) in [6.07, 6.45) is 1.87. The molecule has 3 rings (SSSR count). The van der Waals surface area contributed by atoms with Crippen LogP contribution in [0.15, 0.2) is 0 Å². The highest BCUT2D eigenvalue weighted by atomic mass is 35.5. The van der Waals surface area contributed by atoms with Crippen LogP contribution in [0.4, 0.5) is 0 Å². The highest BCUT2D eigenvalue weighted by Gasteiger charge is 2.63. The van der Waals surface area contributed by atoms with Crippen molar-refractivity contribution in [3.63, 3.8) is 0 Å². The number of hydrogen-bond acceptors (Lipinski definition) is 2. The Kier molecular flexibility index (Phi) is 2.86. The van der Waals surface area contributed by atoms with Crippen molar-refractivity contribution < 1.29 is 9.90 Å². The van der Waals surface area contributed by atoms with Crippen LogP contribution in [0.2, 0.25) is 0 Å². The molecule has 88 valence electrons. The normalized spacial score (nSPS) is 46.3. The number of aliphatic carboxylic acids is 1. The van der Waals surface area contributed by atoms with Crippen molar-refractivity contribution in [1.82, 2.24) is 0 Å². The molecule has 3 aliphatic rings. The van der Waals surface area contributed by atoms with Gasteiger partial charge in [-0.2, -0.15) is 0 Å². The van der Waals surface area contributed by atoms with E-state index in [4.69, 9.17) is 10.8 Å². The van der Waals surface area contributed by atoms with Crippen molar-refractivity contribution in [3.05, 3.63) is 0 Å². The number of nitrogens with two attached hydrogens (primary N) is 1. The van der Waals surface area contributed by atoms with E-state index in [1.165, 1.54) is 0 Å². The summed E-state index contributed by atoms with van der Waals surface area (Å²) in [5, 5.41) is 9.10. The second-order valence-electron chi connectivity index (χ2n) is 5.80. The summed E-state index contributed by atoms with van der Waals surface area (Å²) < 4.78 is 0. The first-order chi connectivity index (χ1) is 6.28. The summed E-state index contributed by atoms with van der Waals surface area (Å²) in [5.74, 6) is -0.139. The van der Waals surface area contributed by atoms with Gasteiger partial charge in [0.15, 0.2) is 0 Å². The van der Waals surface area contributed by atoms with Gasteiger partial charge in [0.05, 0.1) is 5.92 Å². The molecule has 4 heteroatoms. The second kappa shape index (κ2) is 3.36. The molecule has 3 N–H and O–H groups in total. The van der Waals surface area contributed by atoms with Crippen LogP contribution < -0.4 is 5.73 Å². The predicted molar refractivity (Wildman–Crippen MR) is 61.0 cm³/mol. The van der Waals surface area contributed by atoms with E-state index in [1.807, 2.05) is 6.92 Å². The molecule has 0 amide bonds. The van der Waals surface area contributed by atoms with Gasteiger partial charge < -0.3 is 10.8 Å². The van der Waals surface area contributed by atoms with Gasteiger partial charge in [0, 0.05) is 5.54 Å². The van der Waals surface area contributed by atoms with Crippen LogP contribution in [0.1, 0.15) is 33.6 Å². The van der Waals surface area contributed by atoms with Crippen molar-refractivity contribution in [2.45, 2.75) is 39.2 Å². The fraction of sp³-hybridized carbons (Fsp3) is 0.909. The van der Waals surface area contributed by atoms with Crippen LogP contribution in [-0.2, 0) is 4.79 Å². The number of carboxylic acid groups (broad SMARTS) is 1. The molecule has 3 nitrogen and oxygen atoms in total. The number of hydrogen-bond donors (Lipinski definition) is 2. The van der Waals surface area contributed by atoms with E-state index in [9.17, 15) is 4.79 Å². The average Bonchev–Trinajstić information content (AvgIpc) is 2.00. The predicted octanol–water partition coefficient (Wildman–Crippen LogP) is 1.89. The molecule has 0 unspecified atom stereocenters. The molecular formula is C11H20ClNO2. The minimum absolute atomic E-state index is 0. The van der Waals surface area contributed by atoms with Crippen LogP contribution in [0, 0.1) is 23.2 Å². The largest absolute Gasteiger partial charge is 0.481 e. The summed E-state index contributed by atoms with van der Waals surface area (Å²) in [7, 11) is 0. The molecule has 2 bridgehead atoms. The zero-order chi connectivity index (χ0) is 10.7. The van der Waals surface area contributed by atoms with Gasteiger partial charge in [-0.25, -0.2) is 0 Å². The molecule has 0 aromatic heterocycles. The number of rotatable bonds is 1. The van der Waals surface area contributed by atoms with Crippen LogP contribution in [-0.4, -0.2) is 16.6 Å². The third kappa shape index (κ3) is 1.48. The Balaban J connectivity index is 0.00000112. The van der Waals surface area contributed by atoms with Gasteiger partial charge in [-0.1, -0.05) is 13.8 Å². The number of carboxylic acids is 1. The Labute approximate surface area is 96.8 Å². The molecule has 4 atom stereocenters. The average molecular weight is 234 g/mol. The molecule has 0 saturated heterocycles. The number of fused-ring (bicyclic) bond motifs is 2. The lowest BCUT2D eigenvalue weighted by atomic mass is 9.41. The number of halogens is 1. The fourth-order valence-electron chi connectivity index (χ4n) is 3.62. The first kappa shape index (κ1) is 12.8. The lowest BCUT2D eigenvalue weighted by Crippen LogP contribution is -2.69. The maximum Gasteiger partial charge on any atom is 0.308 e. The Morgan fingerprint density at radius 1 is 1.33 bits per heavy atom. The Morgan fingerprint density at radius 2 is 1.87 bits per heavy atom. The van der Waals surface area contributed by atoms with Gasteiger partial charge in [0.25, 0.3) is 0 Å². The lowest BCUT2D eigenvalue weighted by molar-refractivity contribution is -0.173. The molecule has 0 aromatic carbocycles. The van der Waals surface area contributed by atoms with E-state index in [1.54, 1.807) is 0 Å². The van der Waals surface area contributed by atoms with Gasteiger partial charge in [-0.05, 0) is 37.0 Å². The third-order valence-corrected chi connectivity index (χ3v) is 4.79. The molecule has 0 spiro atoms. The minimum Gasteiger partial charge on any atom is -0.481 e. The van der Waals surface area contributed by atoms with Gasteiger partial charge in [-0.15, -0.1) is 12.4 Å². The molecular weight excluding hydrogens is 214 g/mol. The zero-order valence-electron chi connectivity index (χ0n) is 9.49. The topological polar surface area (TPSA) is 63.3 Å². The number of carbonyl (C=O) groups is 1. The molecule has 3 aliphatic carbocycles. The second-order valence-corrected chi connectivity index (χ2v) is 5.80. The maximum absolute atomic E-state index is 11.1. The van der Waals surface area contributed by atoms with Crippen LogP contribution in [0.25, 0.3) is 0 Å². The molecule has 3 fully saturated rings. The maximum atomic E-state index is 11.1. The van der Waals surface area contributed by atoms with Gasteiger partial charge in [0.1, 0.15) is 0 Å². The van der Waals surface area contributed by atoms with Crippen molar-refractivity contribution in [2.75, 3.05) is 0 Å². The van der Waals surface area contributed by atoms with Crippen molar-refractivity contribution in [3.8, 4) is 0 Å². The third-order valence-electron chi connectivity index (χ3n) is 4.79. The molecule has 3 saturated carbocycles. The quantitative estimate of drug-likeness (QED) is 0.727. The zero-order valence-corrected chi connectivity index (χ0v) is 10.3. The first-order valence-electron chi connectivity index (χ1n) is 5.29. The Hall–Kier alpha value is -0.280. The van der Waals surface area contributed by atoms with Crippen LogP contribution in [0.3, 0.4) is 0 Å². The standard InChI is InChI=1S/C11H19NO2.ClH/c1-10(2)6-4-7(9(13)14)11(3,12)8(10)5-6;/h6-8H,4-5,12H2,1-3H3,(H,13,14);1H/t6-,7+,8+,11-;/m1./s1. The molecule has 0 heterocycles. The highest BCUT2D eigenvalue weighted by molar-refractivity contribution is 5.85. The Bertz CT molecular complexity index is 288. The SMILES string of the molecule is CC1(C)[C@@H]2C[C@@H](C(=O)O)[C@@](C)(N)[C@H]1C2.Cl. The van der Waals surface area contributed by atoms with E-state index < -0.39 is 11.5 Å². The van der Waals surface area contributed by atoms with Gasteiger partial charge in [-0.3, -0.25) is 4.79 Å². The molecule has 0 aliphatic heterocycles. The summed E-state index contributed by atoms with van der Waals surface area (Å²) in [6, 6.07) is 0. The van der Waals surface area contributed by atoms with E-state index in [0.717, 1.165) is 12.8 Å². The van der Waals surface area contributed by atoms with Crippen molar-refractivity contribution in [1.29, 1.82) is 0 Å². The van der Waals surface area contributed by atoms with Gasteiger partial charge in [0.2, 0.25) is 0 Å². The minimum atomic E-state index is -0.722. The lowest BCUT2D eigenvalue weighted by Gasteiger charge is -2.65. The fourth-order valence-corrected chi connectivity index (χ4v) is 3.62. The summed E-state index contributed by atoms with van der Waals surface area (Å²) in [4.78, 5) is 11.1. The van der Waals surface area contributed by atoms with Crippen molar-refractivity contribution >= 4 is 18.4 Å². The van der Waals surface area contributed by atoms with E-state index in [0.29, 0.717) is 11.8 Å². The van der Waals surface area contributed by atoms with Crippen molar-refractivity contribution in [2.24, 2.45) is 28.9 Å². The monoisotopic (exact) mass is 233 g/mol. The first-order valence-corrected chi connectivity index (χ1v) is 5.29.